The fourth-order valence-electron chi connectivity index (χ4n) is 3.18. The van der Waals surface area contributed by atoms with Crippen molar-refractivity contribution in [3.05, 3.63) is 35.9 Å². The molecule has 1 aromatic rings. The van der Waals surface area contributed by atoms with Gasteiger partial charge in [-0.15, -0.1) is 0 Å². The van der Waals surface area contributed by atoms with Crippen molar-refractivity contribution in [2.75, 3.05) is 27.9 Å². The highest BCUT2D eigenvalue weighted by molar-refractivity contribution is 6.60. The number of nitrogens with two attached hydrogens (primary N) is 1. The molecule has 5 heteroatoms. The van der Waals surface area contributed by atoms with Crippen LogP contribution in [0.1, 0.15) is 44.1 Å². The highest BCUT2D eigenvalue weighted by atomic mass is 28.4. The maximum Gasteiger partial charge on any atom is 0.500 e. The van der Waals surface area contributed by atoms with Gasteiger partial charge < -0.3 is 19.0 Å². The first-order valence-electron chi connectivity index (χ1n) is 9.09. The van der Waals surface area contributed by atoms with Crippen LogP contribution >= 0.6 is 0 Å². The van der Waals surface area contributed by atoms with Gasteiger partial charge in [0, 0.05) is 27.4 Å². The van der Waals surface area contributed by atoms with Crippen molar-refractivity contribution in [2.24, 2.45) is 11.7 Å². The first kappa shape index (κ1) is 21.3. The van der Waals surface area contributed by atoms with Crippen LogP contribution < -0.4 is 5.73 Å². The summed E-state index contributed by atoms with van der Waals surface area (Å²) in [6, 6.07) is 11.5. The number of hydrogen-bond donors (Lipinski definition) is 1. The summed E-state index contributed by atoms with van der Waals surface area (Å²) in [5.74, 6) is 0.522. The SMILES string of the molecule is CO[Si](CC(CCCCCCCN)Cc1ccccc1)(OC)OC. The van der Waals surface area contributed by atoms with Crippen LogP contribution in [0.25, 0.3) is 0 Å². The first-order valence-corrected chi connectivity index (χ1v) is 11.0. The van der Waals surface area contributed by atoms with Gasteiger partial charge in [-0.2, -0.15) is 0 Å². The third kappa shape index (κ3) is 7.90. The standard InChI is InChI=1S/C19H35NO3Si/c1-21-24(22-2,23-3)17-19(14-8-5-4-6-11-15-20)16-18-12-9-7-10-13-18/h7,9-10,12-13,19H,4-6,8,11,14-17,20H2,1-3H3. The Balaban J connectivity index is 2.58. The van der Waals surface area contributed by atoms with Crippen LogP contribution in [0.3, 0.4) is 0 Å². The molecule has 0 saturated heterocycles. The molecule has 1 unspecified atom stereocenters. The Bertz CT molecular complexity index is 404. The second-order valence-corrected chi connectivity index (χ2v) is 9.40. The second kappa shape index (κ2) is 12.6. The predicted octanol–water partition coefficient (Wildman–Crippen LogP) is 4.02. The molecule has 24 heavy (non-hydrogen) atoms. The van der Waals surface area contributed by atoms with E-state index in [1.54, 1.807) is 21.3 Å². The molecule has 0 fully saturated rings. The molecular weight excluding hydrogens is 318 g/mol. The highest BCUT2D eigenvalue weighted by Gasteiger charge is 2.40. The summed E-state index contributed by atoms with van der Waals surface area (Å²) in [4.78, 5) is 0. The third-order valence-corrected chi connectivity index (χ3v) is 7.60. The molecule has 1 rings (SSSR count). The van der Waals surface area contributed by atoms with Crippen molar-refractivity contribution in [3.8, 4) is 0 Å². The van der Waals surface area contributed by atoms with Crippen LogP contribution in [0.5, 0.6) is 0 Å². The summed E-state index contributed by atoms with van der Waals surface area (Å²) in [6.45, 7) is 0.806. The van der Waals surface area contributed by atoms with Gasteiger partial charge in [0.1, 0.15) is 0 Å². The summed E-state index contributed by atoms with van der Waals surface area (Å²) in [5.41, 5.74) is 6.93. The molecule has 2 N–H and O–H groups in total. The van der Waals surface area contributed by atoms with Gasteiger partial charge in [-0.05, 0) is 30.9 Å². The number of rotatable bonds is 14. The van der Waals surface area contributed by atoms with E-state index in [4.69, 9.17) is 19.0 Å². The molecule has 0 aliphatic heterocycles. The van der Waals surface area contributed by atoms with E-state index in [2.05, 4.69) is 30.3 Å². The molecule has 1 aromatic carbocycles. The fourth-order valence-corrected chi connectivity index (χ4v) is 5.24. The number of hydrogen-bond acceptors (Lipinski definition) is 4. The summed E-state index contributed by atoms with van der Waals surface area (Å²) in [5, 5.41) is 0. The third-order valence-electron chi connectivity index (χ3n) is 4.66. The second-order valence-electron chi connectivity index (χ2n) is 6.40. The molecular formula is C19H35NO3Si. The van der Waals surface area contributed by atoms with Crippen molar-refractivity contribution in [2.45, 2.75) is 51.0 Å². The number of unbranched alkanes of at least 4 members (excludes halogenated alkanes) is 4. The van der Waals surface area contributed by atoms with E-state index in [1.165, 1.54) is 37.7 Å². The predicted molar refractivity (Wildman–Crippen MR) is 102 cm³/mol. The van der Waals surface area contributed by atoms with Gasteiger partial charge in [-0.1, -0.05) is 62.4 Å². The fraction of sp³-hybridized carbons (Fsp3) is 0.684. The minimum Gasteiger partial charge on any atom is -0.377 e. The van der Waals surface area contributed by atoms with Crippen LogP contribution in [-0.4, -0.2) is 36.7 Å². The molecule has 0 aromatic heterocycles. The summed E-state index contributed by atoms with van der Waals surface area (Å²) < 4.78 is 16.9. The van der Waals surface area contributed by atoms with Crippen LogP contribution in [0.4, 0.5) is 0 Å². The van der Waals surface area contributed by atoms with Gasteiger partial charge >= 0.3 is 8.80 Å². The molecule has 0 bridgehead atoms. The van der Waals surface area contributed by atoms with Crippen molar-refractivity contribution in [1.29, 1.82) is 0 Å². The average Bonchev–Trinajstić information content (AvgIpc) is 2.63. The van der Waals surface area contributed by atoms with Gasteiger partial charge in [0.05, 0.1) is 0 Å². The molecule has 0 amide bonds. The lowest BCUT2D eigenvalue weighted by molar-refractivity contribution is 0.117. The van der Waals surface area contributed by atoms with Crippen molar-refractivity contribution >= 4 is 8.80 Å². The zero-order valence-electron chi connectivity index (χ0n) is 15.6. The van der Waals surface area contributed by atoms with E-state index in [9.17, 15) is 0 Å². The van der Waals surface area contributed by atoms with Gasteiger partial charge in [0.25, 0.3) is 0 Å². The van der Waals surface area contributed by atoms with Crippen LogP contribution in [0, 0.1) is 5.92 Å². The summed E-state index contributed by atoms with van der Waals surface area (Å²) in [7, 11) is 2.57. The molecule has 1 atom stereocenters. The molecule has 138 valence electrons. The van der Waals surface area contributed by atoms with E-state index in [1.807, 2.05) is 0 Å². The van der Waals surface area contributed by atoms with Crippen molar-refractivity contribution in [3.63, 3.8) is 0 Å². The minimum atomic E-state index is -2.53. The maximum absolute atomic E-state index is 5.64. The van der Waals surface area contributed by atoms with Gasteiger partial charge in [0.15, 0.2) is 0 Å². The quantitative estimate of drug-likeness (QED) is 0.405. The molecule has 0 heterocycles. The van der Waals surface area contributed by atoms with Crippen LogP contribution in [0.15, 0.2) is 30.3 Å². The molecule has 0 saturated carbocycles. The van der Waals surface area contributed by atoms with E-state index >= 15 is 0 Å². The van der Waals surface area contributed by atoms with Crippen LogP contribution in [0.2, 0.25) is 6.04 Å². The smallest absolute Gasteiger partial charge is 0.377 e. The Morgan fingerprint density at radius 1 is 0.875 bits per heavy atom. The molecule has 0 aliphatic rings. The molecule has 0 spiro atoms. The maximum atomic E-state index is 5.64. The molecule has 0 aliphatic carbocycles. The largest absolute Gasteiger partial charge is 0.500 e. The Hall–Kier alpha value is -0.723. The van der Waals surface area contributed by atoms with Gasteiger partial charge in [-0.25, -0.2) is 0 Å². The normalized spacial score (nSPS) is 13.2. The Labute approximate surface area is 149 Å². The summed E-state index contributed by atoms with van der Waals surface area (Å²) in [6.07, 6.45) is 8.40. The highest BCUT2D eigenvalue weighted by Crippen LogP contribution is 2.27. The lowest BCUT2D eigenvalue weighted by Crippen LogP contribution is -2.44. The van der Waals surface area contributed by atoms with E-state index < -0.39 is 8.80 Å². The molecule has 0 radical (unpaired) electrons. The first-order chi connectivity index (χ1) is 11.7. The number of benzene rings is 1. The van der Waals surface area contributed by atoms with E-state index in [0.717, 1.165) is 25.4 Å². The lowest BCUT2D eigenvalue weighted by atomic mass is 9.95. The van der Waals surface area contributed by atoms with Gasteiger partial charge in [-0.3, -0.25) is 0 Å². The zero-order chi connectivity index (χ0) is 17.7. The molecule has 4 nitrogen and oxygen atoms in total. The topological polar surface area (TPSA) is 53.7 Å². The van der Waals surface area contributed by atoms with E-state index in [0.29, 0.717) is 5.92 Å². The lowest BCUT2D eigenvalue weighted by Gasteiger charge is -2.29. The Kier molecular flexibility index (Phi) is 11.2. The summed E-state index contributed by atoms with van der Waals surface area (Å²) >= 11 is 0. The van der Waals surface area contributed by atoms with Gasteiger partial charge in [0.2, 0.25) is 0 Å². The van der Waals surface area contributed by atoms with Crippen LogP contribution in [-0.2, 0) is 19.7 Å². The minimum absolute atomic E-state index is 0.522. The van der Waals surface area contributed by atoms with E-state index in [-0.39, 0.29) is 0 Å². The monoisotopic (exact) mass is 353 g/mol. The Morgan fingerprint density at radius 3 is 2.04 bits per heavy atom. The average molecular weight is 354 g/mol. The Morgan fingerprint density at radius 2 is 1.46 bits per heavy atom. The van der Waals surface area contributed by atoms with Crippen molar-refractivity contribution in [1.82, 2.24) is 0 Å². The van der Waals surface area contributed by atoms with Crippen molar-refractivity contribution < 1.29 is 13.3 Å². The zero-order valence-corrected chi connectivity index (χ0v) is 16.6.